The molecule has 0 bridgehead atoms. The topological polar surface area (TPSA) is 47.0 Å². The van der Waals surface area contributed by atoms with Crippen LogP contribution in [0, 0.1) is 0 Å². The summed E-state index contributed by atoms with van der Waals surface area (Å²) in [6.07, 6.45) is 1.46. The molecule has 0 amide bonds. The third kappa shape index (κ3) is 3.39. The van der Waals surface area contributed by atoms with Crippen molar-refractivity contribution in [3.05, 3.63) is 41.3 Å². The summed E-state index contributed by atoms with van der Waals surface area (Å²) in [5, 5.41) is 3.76. The van der Waals surface area contributed by atoms with E-state index in [-0.39, 0.29) is 5.92 Å². The van der Waals surface area contributed by atoms with E-state index in [9.17, 15) is 0 Å². The van der Waals surface area contributed by atoms with Crippen molar-refractivity contribution in [2.45, 2.75) is 26.7 Å². The Morgan fingerprint density at radius 1 is 1.30 bits per heavy atom. The highest BCUT2D eigenvalue weighted by molar-refractivity contribution is 6.30. The second-order valence-corrected chi connectivity index (χ2v) is 5.03. The molecule has 0 saturated heterocycles. The molecule has 4 nitrogen and oxygen atoms in total. The first-order chi connectivity index (χ1) is 9.61. The van der Waals surface area contributed by atoms with Crippen LogP contribution < -0.4 is 10.1 Å². The quantitative estimate of drug-likeness (QED) is 0.830. The van der Waals surface area contributed by atoms with Gasteiger partial charge in [0, 0.05) is 17.3 Å². The number of rotatable bonds is 5. The zero-order chi connectivity index (χ0) is 14.5. The van der Waals surface area contributed by atoms with Crippen LogP contribution in [0.15, 0.2) is 30.6 Å². The first-order valence-corrected chi connectivity index (χ1v) is 7.00. The average molecular weight is 292 g/mol. The lowest BCUT2D eigenvalue weighted by molar-refractivity contribution is 0.340. The van der Waals surface area contributed by atoms with Crippen molar-refractivity contribution in [1.82, 2.24) is 9.97 Å². The fourth-order valence-corrected chi connectivity index (χ4v) is 2.30. The highest BCUT2D eigenvalue weighted by Crippen LogP contribution is 2.30. The summed E-state index contributed by atoms with van der Waals surface area (Å²) in [5.74, 6) is 1.79. The summed E-state index contributed by atoms with van der Waals surface area (Å²) >= 11 is 6.16. The van der Waals surface area contributed by atoms with Gasteiger partial charge in [-0.1, -0.05) is 31.5 Å². The second kappa shape index (κ2) is 6.57. The van der Waals surface area contributed by atoms with E-state index in [0.717, 1.165) is 22.8 Å². The first kappa shape index (κ1) is 14.6. The molecule has 0 atom stereocenters. The minimum Gasteiger partial charge on any atom is -0.494 e. The lowest BCUT2D eigenvalue weighted by Gasteiger charge is -2.14. The van der Waals surface area contributed by atoms with Crippen molar-refractivity contribution in [3.63, 3.8) is 0 Å². The van der Waals surface area contributed by atoms with Gasteiger partial charge in [-0.15, -0.1) is 0 Å². The number of anilines is 2. The van der Waals surface area contributed by atoms with Crippen molar-refractivity contribution < 1.29 is 4.74 Å². The molecule has 1 aromatic carbocycles. The van der Waals surface area contributed by atoms with E-state index in [1.807, 2.05) is 31.2 Å². The van der Waals surface area contributed by atoms with Crippen molar-refractivity contribution in [3.8, 4) is 5.75 Å². The zero-order valence-electron chi connectivity index (χ0n) is 11.9. The molecule has 0 aliphatic rings. The van der Waals surface area contributed by atoms with E-state index < -0.39 is 0 Å². The van der Waals surface area contributed by atoms with Crippen LogP contribution in [0.1, 0.15) is 32.3 Å². The largest absolute Gasteiger partial charge is 0.494 e. The van der Waals surface area contributed by atoms with Gasteiger partial charge in [-0.2, -0.15) is 0 Å². The molecule has 5 heteroatoms. The predicted octanol–water partition coefficient (Wildman–Crippen LogP) is 4.40. The highest BCUT2D eigenvalue weighted by Gasteiger charge is 2.13. The van der Waals surface area contributed by atoms with Gasteiger partial charge in [0.2, 0.25) is 0 Å². The second-order valence-electron chi connectivity index (χ2n) is 4.67. The molecule has 0 fully saturated rings. The maximum Gasteiger partial charge on any atom is 0.138 e. The molecule has 0 radical (unpaired) electrons. The van der Waals surface area contributed by atoms with Crippen molar-refractivity contribution >= 4 is 23.1 Å². The average Bonchev–Trinajstić information content (AvgIpc) is 2.39. The molecule has 0 aliphatic heterocycles. The monoisotopic (exact) mass is 291 g/mol. The van der Waals surface area contributed by atoms with Crippen LogP contribution in [0.3, 0.4) is 0 Å². The summed E-state index contributed by atoms with van der Waals surface area (Å²) in [7, 11) is 0. The van der Waals surface area contributed by atoms with E-state index in [2.05, 4.69) is 29.1 Å². The Morgan fingerprint density at radius 3 is 2.80 bits per heavy atom. The molecule has 2 rings (SSSR count). The first-order valence-electron chi connectivity index (χ1n) is 6.62. The Hall–Kier alpha value is -1.81. The summed E-state index contributed by atoms with van der Waals surface area (Å²) in [6.45, 7) is 6.72. The van der Waals surface area contributed by atoms with Gasteiger partial charge in [0.1, 0.15) is 23.0 Å². The normalized spacial score (nSPS) is 10.7. The summed E-state index contributed by atoms with van der Waals surface area (Å²) in [6, 6.07) is 7.75. The molecule has 0 saturated carbocycles. The van der Waals surface area contributed by atoms with Gasteiger partial charge in [0.15, 0.2) is 0 Å². The third-order valence-corrected chi connectivity index (χ3v) is 3.12. The number of ether oxygens (including phenoxy) is 1. The Bertz CT molecular complexity index is 587. The minimum atomic E-state index is 0.237. The molecular weight excluding hydrogens is 274 g/mol. The van der Waals surface area contributed by atoms with E-state index in [1.54, 1.807) is 0 Å². The maximum atomic E-state index is 6.16. The number of nitrogens with one attached hydrogen (secondary N) is 1. The standard InChI is InChI=1S/C15H18ClN3O/c1-4-20-12-7-5-6-11(8-12)19-15-13(10(2)3)14(16)17-9-18-15/h5-10H,4H2,1-3H3,(H,17,18,19). The number of benzene rings is 1. The van der Waals surface area contributed by atoms with E-state index in [1.165, 1.54) is 6.33 Å². The fourth-order valence-electron chi connectivity index (χ4n) is 1.95. The zero-order valence-corrected chi connectivity index (χ0v) is 12.6. The molecule has 20 heavy (non-hydrogen) atoms. The van der Waals surface area contributed by atoms with Gasteiger partial charge in [-0.25, -0.2) is 9.97 Å². The summed E-state index contributed by atoms with van der Waals surface area (Å²) in [5.41, 5.74) is 1.82. The van der Waals surface area contributed by atoms with Gasteiger partial charge < -0.3 is 10.1 Å². The maximum absolute atomic E-state index is 6.16. The van der Waals surface area contributed by atoms with Gasteiger partial charge in [-0.3, -0.25) is 0 Å². The Morgan fingerprint density at radius 2 is 2.10 bits per heavy atom. The number of nitrogens with zero attached hydrogens (tertiary/aromatic N) is 2. The van der Waals surface area contributed by atoms with Gasteiger partial charge in [0.25, 0.3) is 0 Å². The van der Waals surface area contributed by atoms with Gasteiger partial charge >= 0.3 is 0 Å². The van der Waals surface area contributed by atoms with Crippen LogP contribution in [-0.2, 0) is 0 Å². The highest BCUT2D eigenvalue weighted by atomic mass is 35.5. The number of halogens is 1. The Kier molecular flexibility index (Phi) is 4.79. The Labute approximate surface area is 124 Å². The van der Waals surface area contributed by atoms with Gasteiger partial charge in [-0.05, 0) is 25.0 Å². The van der Waals surface area contributed by atoms with Crippen molar-refractivity contribution in [1.29, 1.82) is 0 Å². The molecule has 0 aliphatic carbocycles. The summed E-state index contributed by atoms with van der Waals surface area (Å²) in [4.78, 5) is 8.32. The predicted molar refractivity (Wildman–Crippen MR) is 82.0 cm³/mol. The molecule has 0 unspecified atom stereocenters. The van der Waals surface area contributed by atoms with E-state index in [4.69, 9.17) is 16.3 Å². The summed E-state index contributed by atoms with van der Waals surface area (Å²) < 4.78 is 5.49. The van der Waals surface area contributed by atoms with Crippen LogP contribution in [-0.4, -0.2) is 16.6 Å². The van der Waals surface area contributed by atoms with E-state index in [0.29, 0.717) is 11.8 Å². The minimum absolute atomic E-state index is 0.237. The SMILES string of the molecule is CCOc1cccc(Nc2ncnc(Cl)c2C(C)C)c1. The lowest BCUT2D eigenvalue weighted by Crippen LogP contribution is -2.03. The van der Waals surface area contributed by atoms with Crippen LogP contribution >= 0.6 is 11.6 Å². The van der Waals surface area contributed by atoms with Crippen molar-refractivity contribution in [2.75, 3.05) is 11.9 Å². The Balaban J connectivity index is 2.30. The van der Waals surface area contributed by atoms with Crippen LogP contribution in [0.5, 0.6) is 5.75 Å². The number of hydrogen-bond acceptors (Lipinski definition) is 4. The fraction of sp³-hybridized carbons (Fsp3) is 0.333. The lowest BCUT2D eigenvalue weighted by atomic mass is 10.1. The molecular formula is C15H18ClN3O. The van der Waals surface area contributed by atoms with E-state index >= 15 is 0 Å². The molecule has 1 aromatic heterocycles. The van der Waals surface area contributed by atoms with Crippen LogP contribution in [0.25, 0.3) is 0 Å². The van der Waals surface area contributed by atoms with Crippen LogP contribution in [0.4, 0.5) is 11.5 Å². The molecule has 2 aromatic rings. The van der Waals surface area contributed by atoms with Gasteiger partial charge in [0.05, 0.1) is 6.61 Å². The third-order valence-electron chi connectivity index (χ3n) is 2.82. The van der Waals surface area contributed by atoms with Crippen LogP contribution in [0.2, 0.25) is 5.15 Å². The number of hydrogen-bond donors (Lipinski definition) is 1. The molecule has 0 spiro atoms. The smallest absolute Gasteiger partial charge is 0.138 e. The molecule has 1 N–H and O–H groups in total. The van der Waals surface area contributed by atoms with Crippen molar-refractivity contribution in [2.24, 2.45) is 0 Å². The molecule has 106 valence electrons. The number of aromatic nitrogens is 2. The molecule has 1 heterocycles.